The molecule has 12 heteroatoms. The zero-order valence-electron chi connectivity index (χ0n) is 18.1. The molecule has 0 fully saturated rings. The van der Waals surface area contributed by atoms with E-state index in [9.17, 15) is 0 Å². The summed E-state index contributed by atoms with van der Waals surface area (Å²) in [7, 11) is 0. The van der Waals surface area contributed by atoms with Gasteiger partial charge >= 0.3 is 0 Å². The Morgan fingerprint density at radius 2 is 0.972 bits per heavy atom. The Hall–Kier alpha value is -2.82. The summed E-state index contributed by atoms with van der Waals surface area (Å²) in [5.41, 5.74) is 4.03. The Morgan fingerprint density at radius 3 is 1.39 bits per heavy atom. The van der Waals surface area contributed by atoms with Crippen molar-refractivity contribution < 1.29 is 0 Å². The van der Waals surface area contributed by atoms with Gasteiger partial charge in [-0.2, -0.15) is 19.2 Å². The zero-order valence-corrected chi connectivity index (χ0v) is 24.0. The molecule has 0 saturated heterocycles. The largest absolute Gasteiger partial charge is 0.235 e. The van der Waals surface area contributed by atoms with Crippen LogP contribution >= 0.6 is 67.9 Å². The molecule has 3 aromatic carbocycles. The molecule has 0 N–H and O–H groups in total. The number of aromatic nitrogens is 8. The second kappa shape index (κ2) is 8.93. The first-order valence-electron chi connectivity index (χ1n) is 10.7. The molecule has 0 bridgehead atoms. The monoisotopic (exact) mass is 730 g/mol. The highest BCUT2D eigenvalue weighted by atomic mass is 127. The van der Waals surface area contributed by atoms with E-state index in [0.29, 0.717) is 0 Å². The Kier molecular flexibility index (Phi) is 5.55. The van der Waals surface area contributed by atoms with Crippen LogP contribution in [0.4, 0.5) is 0 Å². The molecule has 4 aromatic heterocycles. The van der Waals surface area contributed by atoms with Gasteiger partial charge in [-0.3, -0.25) is 0 Å². The topological polar surface area (TPSA) is 86.2 Å². The summed E-state index contributed by atoms with van der Waals surface area (Å²) in [6.45, 7) is 0. The first-order valence-corrected chi connectivity index (χ1v) is 14.5. The maximum Gasteiger partial charge on any atom is 0.235 e. The molecule has 0 spiro atoms. The summed E-state index contributed by atoms with van der Waals surface area (Å²) in [4.78, 5) is 1.53. The fraction of sp³-hybridized carbons (Fsp3) is 0. The molecular formula is C24H12I2N8S2. The second-order valence-corrected chi connectivity index (χ2v) is 12.3. The Balaban J connectivity index is 1.21. The highest BCUT2D eigenvalue weighted by molar-refractivity contribution is 14.1. The van der Waals surface area contributed by atoms with Gasteiger partial charge in [-0.05, 0) is 69.4 Å². The number of hydrogen-bond acceptors (Lipinski definition) is 8. The smallest absolute Gasteiger partial charge is 0.182 e. The molecule has 0 aliphatic rings. The summed E-state index contributed by atoms with van der Waals surface area (Å²) in [6, 6.07) is 24.6. The van der Waals surface area contributed by atoms with Gasteiger partial charge in [0.1, 0.15) is 10.0 Å². The summed E-state index contributed by atoms with van der Waals surface area (Å²) in [5.74, 6) is 1.48. The molecule has 0 radical (unpaired) electrons. The van der Waals surface area contributed by atoms with Crippen molar-refractivity contribution in [2.45, 2.75) is 0 Å². The normalized spacial score (nSPS) is 11.6. The lowest BCUT2D eigenvalue weighted by molar-refractivity contribution is 0.969. The molecule has 0 saturated carbocycles. The maximum atomic E-state index is 4.80. The molecule has 8 nitrogen and oxygen atoms in total. The predicted octanol–water partition coefficient (Wildman–Crippen LogP) is 6.56. The van der Waals surface area contributed by atoms with Gasteiger partial charge in [-0.1, -0.05) is 71.2 Å². The van der Waals surface area contributed by atoms with Gasteiger partial charge in [0, 0.05) is 29.4 Å². The molecule has 0 amide bonds. The van der Waals surface area contributed by atoms with E-state index < -0.39 is 0 Å². The van der Waals surface area contributed by atoms with Gasteiger partial charge in [0.25, 0.3) is 0 Å². The first-order chi connectivity index (χ1) is 17.6. The summed E-state index contributed by atoms with van der Waals surface area (Å²) < 4.78 is 5.91. The van der Waals surface area contributed by atoms with Gasteiger partial charge < -0.3 is 0 Å². The third kappa shape index (κ3) is 3.91. The van der Waals surface area contributed by atoms with E-state index in [-0.39, 0.29) is 0 Å². The lowest BCUT2D eigenvalue weighted by Crippen LogP contribution is -1.92. The minimum absolute atomic E-state index is 0.742. The van der Waals surface area contributed by atoms with Crippen LogP contribution in [-0.2, 0) is 0 Å². The van der Waals surface area contributed by atoms with Crippen molar-refractivity contribution in [1.29, 1.82) is 0 Å². The zero-order chi connectivity index (χ0) is 24.2. The van der Waals surface area contributed by atoms with Crippen LogP contribution < -0.4 is 0 Å². The van der Waals surface area contributed by atoms with Gasteiger partial charge in [0.05, 0.1) is 0 Å². The highest BCUT2D eigenvalue weighted by Gasteiger charge is 2.17. The number of rotatable bonds is 4. The van der Waals surface area contributed by atoms with E-state index in [2.05, 4.69) is 114 Å². The molecule has 0 unspecified atom stereocenters. The number of halogens is 2. The third-order valence-electron chi connectivity index (χ3n) is 5.53. The lowest BCUT2D eigenvalue weighted by Gasteiger charge is -2.00. The van der Waals surface area contributed by atoms with Crippen molar-refractivity contribution in [1.82, 2.24) is 39.6 Å². The van der Waals surface area contributed by atoms with Crippen molar-refractivity contribution in [3.63, 3.8) is 0 Å². The SMILES string of the molecule is Ic1cccc(-c2nnc3sc(-c4ccc(-c5nn6c(-c7cccc(I)c7)nnc6s5)cc4)nn23)c1. The lowest BCUT2D eigenvalue weighted by atomic mass is 10.1. The van der Waals surface area contributed by atoms with Gasteiger partial charge in [0.2, 0.25) is 9.92 Å². The molecule has 4 heterocycles. The Bertz CT molecular complexity index is 1750. The van der Waals surface area contributed by atoms with E-state index in [0.717, 1.165) is 61.0 Å². The van der Waals surface area contributed by atoms with Crippen molar-refractivity contribution in [3.05, 3.63) is 79.9 Å². The van der Waals surface area contributed by atoms with Crippen LogP contribution in [0.2, 0.25) is 0 Å². The second-order valence-electron chi connectivity index (χ2n) is 7.85. The summed E-state index contributed by atoms with van der Waals surface area (Å²) in [5, 5.41) is 28.7. The minimum Gasteiger partial charge on any atom is -0.182 e. The summed E-state index contributed by atoms with van der Waals surface area (Å²) >= 11 is 7.63. The van der Waals surface area contributed by atoms with Crippen LogP contribution in [0.1, 0.15) is 0 Å². The van der Waals surface area contributed by atoms with Crippen molar-refractivity contribution >= 4 is 77.8 Å². The van der Waals surface area contributed by atoms with E-state index in [1.807, 2.05) is 33.3 Å². The first kappa shape index (κ1) is 22.4. The molecule has 0 aliphatic heterocycles. The van der Waals surface area contributed by atoms with Crippen molar-refractivity contribution in [2.75, 3.05) is 0 Å². The number of benzene rings is 3. The van der Waals surface area contributed by atoms with Crippen LogP contribution in [0.5, 0.6) is 0 Å². The molecule has 174 valence electrons. The minimum atomic E-state index is 0.742. The van der Waals surface area contributed by atoms with E-state index in [1.165, 1.54) is 22.7 Å². The standard InChI is InChI=1S/C24H12I2N8S2/c25-17-5-1-3-15(11-17)19-27-29-23-33(19)31-21(35-23)13-7-9-14(10-8-13)22-32-34-20(28-30-24(34)36-22)16-4-2-6-18(26)12-16/h1-12H. The number of fused-ring (bicyclic) bond motifs is 2. The third-order valence-corrected chi connectivity index (χ3v) is 8.76. The van der Waals surface area contributed by atoms with E-state index in [1.54, 1.807) is 0 Å². The van der Waals surface area contributed by atoms with E-state index >= 15 is 0 Å². The summed E-state index contributed by atoms with van der Waals surface area (Å²) in [6.07, 6.45) is 0. The van der Waals surface area contributed by atoms with Gasteiger partial charge in [0.15, 0.2) is 11.6 Å². The van der Waals surface area contributed by atoms with Crippen LogP contribution in [0.3, 0.4) is 0 Å². The molecular weight excluding hydrogens is 718 g/mol. The van der Waals surface area contributed by atoms with Crippen LogP contribution in [0.15, 0.2) is 72.8 Å². The van der Waals surface area contributed by atoms with Crippen molar-refractivity contribution in [2.24, 2.45) is 0 Å². The average Bonchev–Trinajstić information content (AvgIpc) is 3.64. The van der Waals surface area contributed by atoms with Gasteiger partial charge in [-0.15, -0.1) is 20.4 Å². The number of nitrogens with zero attached hydrogens (tertiary/aromatic N) is 8. The van der Waals surface area contributed by atoms with Crippen LogP contribution in [0.25, 0.3) is 53.8 Å². The maximum absolute atomic E-state index is 4.80. The molecule has 0 aliphatic carbocycles. The fourth-order valence-corrected chi connectivity index (χ4v) is 6.61. The Labute approximate surface area is 239 Å². The average molecular weight is 730 g/mol. The molecule has 7 rings (SSSR count). The Morgan fingerprint density at radius 1 is 0.528 bits per heavy atom. The number of hydrogen-bond donors (Lipinski definition) is 0. The fourth-order valence-electron chi connectivity index (χ4n) is 3.84. The van der Waals surface area contributed by atoms with Crippen LogP contribution in [-0.4, -0.2) is 39.6 Å². The molecule has 36 heavy (non-hydrogen) atoms. The van der Waals surface area contributed by atoms with E-state index in [4.69, 9.17) is 10.2 Å². The van der Waals surface area contributed by atoms with Crippen molar-refractivity contribution in [3.8, 4) is 43.9 Å². The highest BCUT2D eigenvalue weighted by Crippen LogP contribution is 2.32. The quantitative estimate of drug-likeness (QED) is 0.191. The molecule has 0 atom stereocenters. The van der Waals surface area contributed by atoms with Crippen LogP contribution in [0, 0.1) is 7.14 Å². The van der Waals surface area contributed by atoms with Gasteiger partial charge in [-0.25, -0.2) is 0 Å². The predicted molar refractivity (Wildman–Crippen MR) is 158 cm³/mol. The molecule has 7 aromatic rings.